The Morgan fingerprint density at radius 3 is 2.10 bits per heavy atom. The van der Waals surface area contributed by atoms with Crippen molar-refractivity contribution in [3.05, 3.63) is 163 Å². The Labute approximate surface area is 293 Å². The van der Waals surface area contributed by atoms with Crippen molar-refractivity contribution in [3.63, 3.8) is 0 Å². The molecule has 0 atom stereocenters. The van der Waals surface area contributed by atoms with Crippen LogP contribution in [-0.2, 0) is 5.41 Å². The standard InChI is InChI=1S/C46H31N3S/c1-46(2)37-19-11-9-17-32(37)33-23-21-31(26-38(33)46)48(29-15-7-4-8-16-29)30-22-24-41-36(25-30)42-43-35(34-18-10-12-20-40(34)49(41)43)27-39-44(42)50-45(47-39)28-13-5-3-6-14-28/h3-27H,1-2H3. The predicted molar refractivity (Wildman–Crippen MR) is 212 cm³/mol. The van der Waals surface area contributed by atoms with Gasteiger partial charge in [0.2, 0.25) is 0 Å². The Balaban J connectivity index is 1.19. The summed E-state index contributed by atoms with van der Waals surface area (Å²) in [6.07, 6.45) is 0. The van der Waals surface area contributed by atoms with Gasteiger partial charge in [-0.25, -0.2) is 4.98 Å². The van der Waals surface area contributed by atoms with E-state index >= 15 is 0 Å². The van der Waals surface area contributed by atoms with Crippen LogP contribution in [0.3, 0.4) is 0 Å². The fourth-order valence-corrected chi connectivity index (χ4v) is 9.74. The Hall–Kier alpha value is -5.97. The summed E-state index contributed by atoms with van der Waals surface area (Å²) in [5, 5.41) is 6.10. The maximum Gasteiger partial charge on any atom is 0.124 e. The number of fused-ring (bicyclic) bond motifs is 11. The molecule has 7 aromatic carbocycles. The number of hydrogen-bond acceptors (Lipinski definition) is 3. The molecule has 0 unspecified atom stereocenters. The highest BCUT2D eigenvalue weighted by Gasteiger charge is 2.36. The highest BCUT2D eigenvalue weighted by Crippen LogP contribution is 2.51. The van der Waals surface area contributed by atoms with Crippen LogP contribution < -0.4 is 4.90 Å². The van der Waals surface area contributed by atoms with Gasteiger partial charge in [-0.15, -0.1) is 11.3 Å². The van der Waals surface area contributed by atoms with Gasteiger partial charge in [-0.3, -0.25) is 0 Å². The molecular weight excluding hydrogens is 627 g/mol. The van der Waals surface area contributed by atoms with Crippen LogP contribution >= 0.6 is 11.3 Å². The summed E-state index contributed by atoms with van der Waals surface area (Å²) in [4.78, 5) is 7.66. The molecule has 50 heavy (non-hydrogen) atoms. The maximum atomic E-state index is 5.24. The molecule has 0 N–H and O–H groups in total. The zero-order chi connectivity index (χ0) is 33.1. The van der Waals surface area contributed by atoms with E-state index < -0.39 is 0 Å². The van der Waals surface area contributed by atoms with E-state index in [2.05, 4.69) is 175 Å². The molecule has 0 fully saturated rings. The molecule has 10 aromatic rings. The average molecular weight is 658 g/mol. The zero-order valence-corrected chi connectivity index (χ0v) is 28.5. The van der Waals surface area contributed by atoms with Gasteiger partial charge >= 0.3 is 0 Å². The normalized spacial score (nSPS) is 13.6. The van der Waals surface area contributed by atoms with Gasteiger partial charge in [-0.05, 0) is 76.9 Å². The van der Waals surface area contributed by atoms with Crippen molar-refractivity contribution >= 4 is 76.7 Å². The Morgan fingerprint density at radius 2 is 1.24 bits per heavy atom. The predicted octanol–water partition coefficient (Wildman–Crippen LogP) is 12.9. The summed E-state index contributed by atoms with van der Waals surface area (Å²) in [6, 6.07) is 55.4. The average Bonchev–Trinajstić information content (AvgIpc) is 3.89. The third kappa shape index (κ3) is 3.71. The van der Waals surface area contributed by atoms with Gasteiger partial charge in [0, 0.05) is 49.6 Å². The molecule has 4 heteroatoms. The van der Waals surface area contributed by atoms with Gasteiger partial charge in [0.05, 0.1) is 26.8 Å². The minimum Gasteiger partial charge on any atom is -0.310 e. The van der Waals surface area contributed by atoms with E-state index in [4.69, 9.17) is 4.98 Å². The number of anilines is 3. The molecule has 236 valence electrons. The lowest BCUT2D eigenvalue weighted by Crippen LogP contribution is -2.16. The molecule has 3 nitrogen and oxygen atoms in total. The van der Waals surface area contributed by atoms with Crippen LogP contribution in [0.1, 0.15) is 25.0 Å². The Bertz CT molecular complexity index is 2950. The summed E-state index contributed by atoms with van der Waals surface area (Å²) in [7, 11) is 0. The quantitative estimate of drug-likeness (QED) is 0.188. The summed E-state index contributed by atoms with van der Waals surface area (Å²) in [5.74, 6) is 0. The van der Waals surface area contributed by atoms with E-state index in [9.17, 15) is 0 Å². The van der Waals surface area contributed by atoms with E-state index in [1.165, 1.54) is 65.0 Å². The number of para-hydroxylation sites is 2. The van der Waals surface area contributed by atoms with E-state index in [1.807, 2.05) is 0 Å². The first-order chi connectivity index (χ1) is 24.6. The third-order valence-electron chi connectivity index (χ3n) is 10.9. The lowest BCUT2D eigenvalue weighted by atomic mass is 9.82. The lowest BCUT2D eigenvalue weighted by Gasteiger charge is -2.28. The van der Waals surface area contributed by atoms with Crippen molar-refractivity contribution in [3.8, 4) is 21.7 Å². The van der Waals surface area contributed by atoms with Crippen molar-refractivity contribution in [1.29, 1.82) is 0 Å². The molecule has 1 aliphatic carbocycles. The molecule has 0 saturated heterocycles. The van der Waals surface area contributed by atoms with Crippen LogP contribution in [0.15, 0.2) is 152 Å². The third-order valence-corrected chi connectivity index (χ3v) is 12.1. The first-order valence-corrected chi connectivity index (χ1v) is 18.0. The van der Waals surface area contributed by atoms with Gasteiger partial charge in [0.1, 0.15) is 5.01 Å². The topological polar surface area (TPSA) is 20.5 Å². The zero-order valence-electron chi connectivity index (χ0n) is 27.7. The van der Waals surface area contributed by atoms with E-state index in [0.29, 0.717) is 0 Å². The first kappa shape index (κ1) is 27.9. The second-order valence-electron chi connectivity index (χ2n) is 14.0. The van der Waals surface area contributed by atoms with Gasteiger partial charge in [0.25, 0.3) is 0 Å². The molecule has 11 rings (SSSR count). The molecule has 3 heterocycles. The van der Waals surface area contributed by atoms with Gasteiger partial charge < -0.3 is 9.30 Å². The summed E-state index contributed by atoms with van der Waals surface area (Å²) < 4.78 is 3.71. The minimum absolute atomic E-state index is 0.0866. The molecule has 1 aliphatic rings. The molecule has 0 aliphatic heterocycles. The molecule has 0 bridgehead atoms. The summed E-state index contributed by atoms with van der Waals surface area (Å²) >= 11 is 1.80. The molecular formula is C46H31N3S. The van der Waals surface area contributed by atoms with Crippen molar-refractivity contribution in [1.82, 2.24) is 9.38 Å². The monoisotopic (exact) mass is 657 g/mol. The van der Waals surface area contributed by atoms with Crippen LogP contribution in [0.2, 0.25) is 0 Å². The fourth-order valence-electron chi connectivity index (χ4n) is 8.63. The largest absolute Gasteiger partial charge is 0.310 e. The smallest absolute Gasteiger partial charge is 0.124 e. The van der Waals surface area contributed by atoms with Crippen molar-refractivity contribution in [2.45, 2.75) is 19.3 Å². The van der Waals surface area contributed by atoms with Gasteiger partial charge in [-0.1, -0.05) is 111 Å². The number of aromatic nitrogens is 2. The summed E-state index contributed by atoms with van der Waals surface area (Å²) in [5.41, 5.74) is 14.7. The SMILES string of the molecule is CC1(C)c2ccccc2-c2ccc(N(c3ccccc3)c3ccc4c(c3)c3c5sc(-c6ccccc6)nc5cc5c6ccccc6n4c53)cc21. The van der Waals surface area contributed by atoms with Crippen LogP contribution in [0.5, 0.6) is 0 Å². The number of rotatable bonds is 4. The number of benzene rings is 7. The van der Waals surface area contributed by atoms with E-state index in [1.54, 1.807) is 11.3 Å². The minimum atomic E-state index is -0.0866. The van der Waals surface area contributed by atoms with Crippen LogP contribution in [0.4, 0.5) is 17.1 Å². The highest BCUT2D eigenvalue weighted by atomic mass is 32.1. The van der Waals surface area contributed by atoms with Gasteiger partial charge in [-0.2, -0.15) is 0 Å². The fraction of sp³-hybridized carbons (Fsp3) is 0.0652. The second-order valence-corrected chi connectivity index (χ2v) is 15.0. The van der Waals surface area contributed by atoms with E-state index in [0.717, 1.165) is 33.1 Å². The summed E-state index contributed by atoms with van der Waals surface area (Å²) in [6.45, 7) is 4.71. The lowest BCUT2D eigenvalue weighted by molar-refractivity contribution is 0.660. The van der Waals surface area contributed by atoms with Crippen LogP contribution in [0.25, 0.3) is 70.0 Å². The van der Waals surface area contributed by atoms with E-state index in [-0.39, 0.29) is 5.41 Å². The second kappa shape index (κ2) is 10.0. The molecule has 0 radical (unpaired) electrons. The number of hydrogen-bond donors (Lipinski definition) is 0. The van der Waals surface area contributed by atoms with Crippen LogP contribution in [0, 0.1) is 0 Å². The number of thiazole rings is 1. The molecule has 3 aromatic heterocycles. The van der Waals surface area contributed by atoms with Crippen LogP contribution in [-0.4, -0.2) is 9.38 Å². The first-order valence-electron chi connectivity index (χ1n) is 17.2. The number of nitrogens with zero attached hydrogens (tertiary/aromatic N) is 3. The van der Waals surface area contributed by atoms with Crippen molar-refractivity contribution < 1.29 is 0 Å². The highest BCUT2D eigenvalue weighted by molar-refractivity contribution is 7.22. The molecule has 0 saturated carbocycles. The Morgan fingerprint density at radius 1 is 0.560 bits per heavy atom. The molecule has 0 spiro atoms. The van der Waals surface area contributed by atoms with Crippen molar-refractivity contribution in [2.75, 3.05) is 4.90 Å². The Kier molecular flexibility index (Phi) is 5.61. The van der Waals surface area contributed by atoms with Crippen molar-refractivity contribution in [2.24, 2.45) is 0 Å². The van der Waals surface area contributed by atoms with Gasteiger partial charge in [0.15, 0.2) is 0 Å². The molecule has 0 amide bonds. The maximum absolute atomic E-state index is 5.24.